The molecule has 0 aliphatic carbocycles. The lowest BCUT2D eigenvalue weighted by molar-refractivity contribution is -0.137. The highest BCUT2D eigenvalue weighted by molar-refractivity contribution is 7.80. The number of phosphoric ester groups is 3. The van der Waals surface area contributed by atoms with Gasteiger partial charge >= 0.3 is 23.5 Å². The molecule has 0 radical (unpaired) electrons. The van der Waals surface area contributed by atoms with Crippen molar-refractivity contribution in [2.75, 3.05) is 60.8 Å². The first-order chi connectivity index (χ1) is 25.0. The van der Waals surface area contributed by atoms with Crippen molar-refractivity contribution in [3.8, 4) is 0 Å². The molecule has 24 nitrogen and oxygen atoms in total. The summed E-state index contributed by atoms with van der Waals surface area (Å²) < 4.78 is 61.7. The Hall–Kier alpha value is -2.02. The number of aliphatic hydroxyl groups is 3. The number of aliphatic hydroxyl groups excluding tert-OH is 3. The molecule has 3 heterocycles. The number of nitrogens with one attached hydrogen (secondary N) is 2. The van der Waals surface area contributed by atoms with Crippen LogP contribution in [-0.2, 0) is 45.9 Å². The molecule has 310 valence electrons. The summed E-state index contributed by atoms with van der Waals surface area (Å²) in [5.74, 6) is -0.734. The minimum atomic E-state index is -5.57. The molecule has 1 aromatic rings. The lowest BCUT2D eigenvalue weighted by Crippen LogP contribution is -2.46. The molecule has 0 bridgehead atoms. The van der Waals surface area contributed by atoms with E-state index in [4.69, 9.17) is 24.0 Å². The fraction of sp³-hybridized carbons (Fsp3) is 0.769. The minimum Gasteiger partial charge on any atom is -0.393 e. The van der Waals surface area contributed by atoms with Crippen molar-refractivity contribution >= 4 is 65.2 Å². The number of nitrogen functional groups attached to an aromatic ring is 1. The minimum absolute atomic E-state index is 0.0422. The molecule has 1 aromatic heterocycles. The smallest absolute Gasteiger partial charge is 0.393 e. The van der Waals surface area contributed by atoms with Crippen LogP contribution in [0.2, 0.25) is 0 Å². The van der Waals surface area contributed by atoms with Gasteiger partial charge in [0, 0.05) is 37.2 Å². The molecule has 8 atom stereocenters. The van der Waals surface area contributed by atoms with Gasteiger partial charge in [-0.25, -0.2) is 23.7 Å². The zero-order chi connectivity index (χ0) is 40.6. The molecule has 0 aromatic carbocycles. The third kappa shape index (κ3) is 13.3. The Labute approximate surface area is 315 Å². The van der Waals surface area contributed by atoms with Crippen LogP contribution in [0.3, 0.4) is 0 Å². The van der Waals surface area contributed by atoms with Crippen molar-refractivity contribution in [1.29, 1.82) is 0 Å². The van der Waals surface area contributed by atoms with E-state index in [0.717, 1.165) is 6.33 Å². The highest BCUT2D eigenvalue weighted by atomic mass is 32.1. The van der Waals surface area contributed by atoms with Crippen LogP contribution in [0, 0.1) is 5.41 Å². The Bertz CT molecular complexity index is 1590. The first kappa shape index (κ1) is 46.4. The molecule has 1 fully saturated rings. The van der Waals surface area contributed by atoms with Crippen LogP contribution in [0.25, 0.3) is 0 Å². The topological polar surface area (TPSA) is 355 Å². The average Bonchev–Trinajstić information content (AvgIpc) is 3.60. The number of carbonyl (C=O) groups is 2. The zero-order valence-electron chi connectivity index (χ0n) is 29.5. The van der Waals surface area contributed by atoms with Gasteiger partial charge in [0.15, 0.2) is 17.9 Å². The summed E-state index contributed by atoms with van der Waals surface area (Å²) in [7, 11) is -16.4. The molecule has 4 unspecified atom stereocenters. The van der Waals surface area contributed by atoms with Crippen molar-refractivity contribution < 1.29 is 80.8 Å². The van der Waals surface area contributed by atoms with Gasteiger partial charge in [-0.2, -0.15) is 16.9 Å². The van der Waals surface area contributed by atoms with Gasteiger partial charge in [-0.15, -0.1) is 0 Å². The van der Waals surface area contributed by atoms with E-state index < -0.39 is 84.8 Å². The predicted octanol–water partition coefficient (Wildman–Crippen LogP) is -1.44. The molecule has 11 N–H and O–H groups in total. The van der Waals surface area contributed by atoms with Crippen LogP contribution in [0.5, 0.6) is 0 Å². The lowest BCUT2D eigenvalue weighted by Gasteiger charge is -2.30. The monoisotopic (exact) mass is 855 g/mol. The van der Waals surface area contributed by atoms with Gasteiger partial charge in [0.05, 0.1) is 26.0 Å². The van der Waals surface area contributed by atoms with E-state index in [1.807, 2.05) is 0 Å². The number of aromatic nitrogens is 2. The summed E-state index contributed by atoms with van der Waals surface area (Å²) >= 11 is 3.96. The average molecular weight is 856 g/mol. The molecule has 3 rings (SSSR count). The fourth-order valence-corrected chi connectivity index (χ4v) is 8.16. The second-order valence-electron chi connectivity index (χ2n) is 12.9. The van der Waals surface area contributed by atoms with Gasteiger partial charge in [-0.1, -0.05) is 20.8 Å². The number of phosphoric acid groups is 3. The van der Waals surface area contributed by atoms with Crippen molar-refractivity contribution in [1.82, 2.24) is 20.6 Å². The Morgan fingerprint density at radius 3 is 2.41 bits per heavy atom. The van der Waals surface area contributed by atoms with E-state index in [9.17, 15) is 58.2 Å². The number of hydrogen-bond acceptors (Lipinski definition) is 19. The summed E-state index contributed by atoms with van der Waals surface area (Å²) in [4.78, 5) is 74.8. The molecule has 1 saturated heterocycles. The second-order valence-corrected chi connectivity index (χ2v) is 17.5. The number of fused-ring (bicyclic) bond motifs is 1. The maximum absolute atomic E-state index is 12.8. The van der Waals surface area contributed by atoms with Gasteiger partial charge in [-0.3, -0.25) is 23.2 Å². The van der Waals surface area contributed by atoms with E-state index in [2.05, 4.69) is 37.5 Å². The van der Waals surface area contributed by atoms with Crippen LogP contribution in [0.1, 0.15) is 40.0 Å². The summed E-state index contributed by atoms with van der Waals surface area (Å²) in [5.41, 5.74) is 4.81. The molecular weight excluding hydrogens is 807 g/mol. The Kier molecular flexibility index (Phi) is 16.7. The number of ether oxygens (including phenoxy) is 1. The molecule has 54 heavy (non-hydrogen) atoms. The quantitative estimate of drug-likeness (QED) is 0.0470. The Balaban J connectivity index is 1.65. The SMILES string of the molecule is CCC(O)CCN1CN([C@@H]2O[C@H](COP(=O)(O)OP(=O)(O)OCC(C)(C)C(O)C(=O)NCCC(=O)NCCS)[C@@H](OP(=O)(O)O)[C@H]2O)c2ncnc(N)c21. The number of thiol groups is 1. The fourth-order valence-electron chi connectivity index (χ4n) is 5.22. The third-order valence-electron chi connectivity index (χ3n) is 8.10. The number of carbonyl (C=O) groups excluding carboxylic acids is 2. The summed E-state index contributed by atoms with van der Waals surface area (Å²) in [6.45, 7) is 2.68. The van der Waals surface area contributed by atoms with Crippen molar-refractivity contribution in [3.63, 3.8) is 0 Å². The predicted molar refractivity (Wildman–Crippen MR) is 191 cm³/mol. The lowest BCUT2D eigenvalue weighted by atomic mass is 9.87. The molecule has 28 heteroatoms. The first-order valence-corrected chi connectivity index (χ1v) is 21.5. The normalized spacial score (nSPS) is 23.7. The van der Waals surface area contributed by atoms with E-state index in [1.54, 1.807) is 11.8 Å². The standard InChI is InChI=1S/C26H48N7O17P3S/c1-4-15(34)6-9-32-14-33(23-18(32)22(27)30-13-31-23)25-19(36)20(49-51(39,40)41)16(48-25)11-46-52(42,43)50-53(44,45)47-12-26(2,3)21(37)24(38)29-7-5-17(35)28-8-10-54/h13,15-16,19-21,25,34,36-37,54H,4-12,14H2,1-3H3,(H,28,35)(H,29,38)(H,42,43)(H,44,45)(H2,27,30,31)(H2,39,40,41)/t15?,16-,19-,20-,21?,25-/m1/s1. The first-order valence-electron chi connectivity index (χ1n) is 16.4. The van der Waals surface area contributed by atoms with Crippen LogP contribution in [0.15, 0.2) is 6.33 Å². The van der Waals surface area contributed by atoms with Crippen molar-refractivity contribution in [2.45, 2.75) is 76.8 Å². The third-order valence-corrected chi connectivity index (χ3v) is 11.4. The van der Waals surface area contributed by atoms with Gasteiger partial charge in [-0.05, 0) is 12.8 Å². The molecule has 0 spiro atoms. The maximum atomic E-state index is 12.8. The Morgan fingerprint density at radius 1 is 1.11 bits per heavy atom. The summed E-state index contributed by atoms with van der Waals surface area (Å²) in [6, 6.07) is 0. The number of hydrogen-bond donors (Lipinski definition) is 11. The number of rotatable bonds is 22. The van der Waals surface area contributed by atoms with Crippen LogP contribution in [0.4, 0.5) is 17.3 Å². The van der Waals surface area contributed by atoms with Gasteiger partial charge in [0.25, 0.3) is 0 Å². The number of amides is 2. The van der Waals surface area contributed by atoms with Crippen LogP contribution < -0.4 is 26.2 Å². The van der Waals surface area contributed by atoms with Gasteiger partial charge in [0.2, 0.25) is 11.8 Å². The number of nitrogens with zero attached hydrogens (tertiary/aromatic N) is 4. The summed E-state index contributed by atoms with van der Waals surface area (Å²) in [5, 5.41) is 36.6. The van der Waals surface area contributed by atoms with E-state index in [0.29, 0.717) is 30.8 Å². The highest BCUT2D eigenvalue weighted by Gasteiger charge is 2.53. The number of anilines is 3. The van der Waals surface area contributed by atoms with E-state index >= 15 is 0 Å². The van der Waals surface area contributed by atoms with E-state index in [-0.39, 0.29) is 43.7 Å². The van der Waals surface area contributed by atoms with Crippen molar-refractivity contribution in [2.24, 2.45) is 5.41 Å². The molecule has 0 saturated carbocycles. The van der Waals surface area contributed by atoms with Crippen LogP contribution in [-0.4, -0.2) is 139 Å². The molecule has 2 aliphatic rings. The molecule has 2 aliphatic heterocycles. The molecular formula is C26H48N7O17P3S. The second kappa shape index (κ2) is 19.4. The van der Waals surface area contributed by atoms with E-state index in [1.165, 1.54) is 18.7 Å². The zero-order valence-corrected chi connectivity index (χ0v) is 33.1. The van der Waals surface area contributed by atoms with Gasteiger partial charge < -0.3 is 65.8 Å². The largest absolute Gasteiger partial charge is 0.481 e. The van der Waals surface area contributed by atoms with Crippen molar-refractivity contribution in [3.05, 3.63) is 6.33 Å². The maximum Gasteiger partial charge on any atom is 0.481 e. The molecule has 2 amide bonds. The highest BCUT2D eigenvalue weighted by Crippen LogP contribution is 2.61. The van der Waals surface area contributed by atoms with Crippen LogP contribution >= 0.6 is 36.1 Å². The Morgan fingerprint density at radius 2 is 1.78 bits per heavy atom. The summed E-state index contributed by atoms with van der Waals surface area (Å²) in [6.07, 6.45) is -7.70. The number of nitrogens with two attached hydrogens (primary N) is 1. The van der Waals surface area contributed by atoms with Gasteiger partial charge in [0.1, 0.15) is 36.4 Å².